The zero-order chi connectivity index (χ0) is 19.6. The highest BCUT2D eigenvalue weighted by Gasteiger charge is 2.44. The monoisotopic (exact) mass is 397 g/mol. The number of nitrogens with two attached hydrogens (primary N) is 2. The molecule has 0 radical (unpaired) electrons. The van der Waals surface area contributed by atoms with Gasteiger partial charge in [0.1, 0.15) is 30.2 Å². The lowest BCUT2D eigenvalue weighted by Crippen LogP contribution is -2.46. The molecule has 1 aliphatic heterocycles. The van der Waals surface area contributed by atoms with E-state index in [0.29, 0.717) is 17.6 Å². The molecule has 3 rings (SSSR count). The predicted octanol–water partition coefficient (Wildman–Crippen LogP) is -1.78. The van der Waals surface area contributed by atoms with Gasteiger partial charge in [0, 0.05) is 6.54 Å². The molecule has 7 N–H and O–H groups in total. The lowest BCUT2D eigenvalue weighted by molar-refractivity contribution is -0.123. The standard InChI is InChI=1S/C15H23N7O4S/c1-27-3-2-7(16)14(25)18-4-8-10(23)11(24)15(26-8)22-6-21-9-12(17)19-5-20-13(9)22/h5-8,10-11,15,23-24H,2-4,16H2,1H3,(H,18,25)(H2,17,19,20)/t7-,8+,10+,11+,15+/m0/s1. The van der Waals surface area contributed by atoms with Gasteiger partial charge in [-0.15, -0.1) is 0 Å². The molecule has 27 heavy (non-hydrogen) atoms. The van der Waals surface area contributed by atoms with Crippen molar-refractivity contribution in [1.29, 1.82) is 0 Å². The third-order valence-electron chi connectivity index (χ3n) is 4.45. The van der Waals surface area contributed by atoms with Crippen LogP contribution < -0.4 is 16.8 Å². The van der Waals surface area contributed by atoms with Crippen molar-refractivity contribution in [3.63, 3.8) is 0 Å². The number of nitrogens with zero attached hydrogens (tertiary/aromatic N) is 4. The number of anilines is 1. The van der Waals surface area contributed by atoms with Crippen LogP contribution in [0.25, 0.3) is 11.2 Å². The van der Waals surface area contributed by atoms with Crippen LogP contribution in [0.4, 0.5) is 5.82 Å². The number of aliphatic hydroxyl groups excluding tert-OH is 2. The van der Waals surface area contributed by atoms with Crippen LogP contribution in [-0.4, -0.2) is 78.5 Å². The van der Waals surface area contributed by atoms with Crippen molar-refractivity contribution >= 4 is 34.7 Å². The average molecular weight is 397 g/mol. The second-order valence-electron chi connectivity index (χ2n) is 6.26. The fourth-order valence-electron chi connectivity index (χ4n) is 2.89. The number of amides is 1. The van der Waals surface area contributed by atoms with Crippen LogP contribution in [0.1, 0.15) is 12.6 Å². The SMILES string of the molecule is CSCC[C@H](N)C(=O)NC[C@H]1O[C@@H](n2cnc3c(N)ncnc32)[C@H](O)[C@@H]1O. The van der Waals surface area contributed by atoms with Crippen LogP contribution in [0, 0.1) is 0 Å². The topological polar surface area (TPSA) is 174 Å². The zero-order valence-electron chi connectivity index (χ0n) is 14.7. The summed E-state index contributed by atoms with van der Waals surface area (Å²) in [5, 5.41) is 23.3. The summed E-state index contributed by atoms with van der Waals surface area (Å²) in [5.41, 5.74) is 12.3. The fraction of sp³-hybridized carbons (Fsp3) is 0.600. The lowest BCUT2D eigenvalue weighted by Gasteiger charge is -2.17. The van der Waals surface area contributed by atoms with Crippen LogP contribution in [0.5, 0.6) is 0 Å². The largest absolute Gasteiger partial charge is 0.387 e. The van der Waals surface area contributed by atoms with Gasteiger partial charge in [0.25, 0.3) is 0 Å². The summed E-state index contributed by atoms with van der Waals surface area (Å²) in [4.78, 5) is 24.1. The van der Waals surface area contributed by atoms with Gasteiger partial charge < -0.3 is 31.7 Å². The van der Waals surface area contributed by atoms with Gasteiger partial charge in [0.15, 0.2) is 17.7 Å². The summed E-state index contributed by atoms with van der Waals surface area (Å²) >= 11 is 1.61. The maximum atomic E-state index is 12.0. The molecule has 1 fully saturated rings. The van der Waals surface area contributed by atoms with Gasteiger partial charge in [0.2, 0.25) is 5.91 Å². The number of nitrogen functional groups attached to an aromatic ring is 1. The predicted molar refractivity (Wildman–Crippen MR) is 99.6 cm³/mol. The quantitative estimate of drug-likeness (QED) is 0.359. The number of hydrogen-bond acceptors (Lipinski definition) is 10. The van der Waals surface area contributed by atoms with Crippen molar-refractivity contribution in [2.75, 3.05) is 24.3 Å². The van der Waals surface area contributed by atoms with E-state index in [-0.39, 0.29) is 18.3 Å². The molecule has 11 nitrogen and oxygen atoms in total. The number of thioether (sulfide) groups is 1. The maximum absolute atomic E-state index is 12.0. The summed E-state index contributed by atoms with van der Waals surface area (Å²) in [7, 11) is 0. The Kier molecular flexibility index (Phi) is 6.11. The zero-order valence-corrected chi connectivity index (χ0v) is 15.5. The van der Waals surface area contributed by atoms with Gasteiger partial charge in [-0.25, -0.2) is 15.0 Å². The molecular weight excluding hydrogens is 374 g/mol. The third-order valence-corrected chi connectivity index (χ3v) is 5.09. The first-order chi connectivity index (χ1) is 12.9. The number of rotatable bonds is 7. The van der Waals surface area contributed by atoms with E-state index in [4.69, 9.17) is 16.2 Å². The van der Waals surface area contributed by atoms with Crippen LogP contribution in [0.3, 0.4) is 0 Å². The summed E-state index contributed by atoms with van der Waals surface area (Å²) in [6, 6.07) is -0.631. The fourth-order valence-corrected chi connectivity index (χ4v) is 3.38. The molecule has 148 valence electrons. The van der Waals surface area contributed by atoms with E-state index < -0.39 is 30.6 Å². The van der Waals surface area contributed by atoms with Gasteiger partial charge in [-0.2, -0.15) is 11.8 Å². The summed E-state index contributed by atoms with van der Waals surface area (Å²) in [6.45, 7) is 0.0181. The Hall–Kier alpha value is -1.99. The Morgan fingerprint density at radius 2 is 2.19 bits per heavy atom. The highest BCUT2D eigenvalue weighted by molar-refractivity contribution is 7.98. The summed E-state index contributed by atoms with van der Waals surface area (Å²) in [6.07, 6.45) is 1.02. The van der Waals surface area contributed by atoms with Crippen LogP contribution >= 0.6 is 11.8 Å². The number of hydrogen-bond donors (Lipinski definition) is 5. The molecule has 0 spiro atoms. The van der Waals surface area contributed by atoms with Crippen molar-refractivity contribution in [2.24, 2.45) is 5.73 Å². The number of nitrogens with one attached hydrogen (secondary N) is 1. The molecule has 0 bridgehead atoms. The highest BCUT2D eigenvalue weighted by Crippen LogP contribution is 2.31. The van der Waals surface area contributed by atoms with E-state index in [1.807, 2.05) is 6.26 Å². The van der Waals surface area contributed by atoms with Gasteiger partial charge in [-0.05, 0) is 18.4 Å². The summed E-state index contributed by atoms with van der Waals surface area (Å²) < 4.78 is 7.23. The maximum Gasteiger partial charge on any atom is 0.237 e. The normalized spacial score (nSPS) is 26.4. The Morgan fingerprint density at radius 3 is 2.93 bits per heavy atom. The van der Waals surface area contributed by atoms with E-state index in [1.54, 1.807) is 11.8 Å². The molecule has 0 unspecified atom stereocenters. The molecular formula is C15H23N7O4S. The van der Waals surface area contributed by atoms with Crippen LogP contribution in [0.15, 0.2) is 12.7 Å². The Morgan fingerprint density at radius 1 is 1.41 bits per heavy atom. The highest BCUT2D eigenvalue weighted by atomic mass is 32.2. The van der Waals surface area contributed by atoms with E-state index >= 15 is 0 Å². The molecule has 1 saturated heterocycles. The number of ether oxygens (including phenoxy) is 1. The van der Waals surface area contributed by atoms with Gasteiger partial charge >= 0.3 is 0 Å². The molecule has 0 aromatic carbocycles. The second kappa shape index (κ2) is 8.35. The molecule has 3 heterocycles. The first kappa shape index (κ1) is 19.8. The van der Waals surface area contributed by atoms with E-state index in [2.05, 4.69) is 20.3 Å². The minimum absolute atomic E-state index is 0.0181. The number of carbonyl (C=O) groups is 1. The molecule has 5 atom stereocenters. The average Bonchev–Trinajstić information content (AvgIpc) is 3.21. The number of aliphatic hydroxyl groups is 2. The molecule has 2 aromatic rings. The first-order valence-corrected chi connectivity index (χ1v) is 9.80. The number of imidazole rings is 1. The van der Waals surface area contributed by atoms with Gasteiger partial charge in [-0.3, -0.25) is 9.36 Å². The number of aromatic nitrogens is 4. The molecule has 1 amide bonds. The Bertz CT molecular complexity index is 804. The Balaban J connectivity index is 1.67. The Labute approximate surface area is 159 Å². The van der Waals surface area contributed by atoms with Crippen molar-refractivity contribution in [3.8, 4) is 0 Å². The molecule has 1 aliphatic rings. The van der Waals surface area contributed by atoms with Crippen molar-refractivity contribution in [3.05, 3.63) is 12.7 Å². The van der Waals surface area contributed by atoms with E-state index in [9.17, 15) is 15.0 Å². The van der Waals surface area contributed by atoms with Gasteiger partial charge in [-0.1, -0.05) is 0 Å². The van der Waals surface area contributed by atoms with Crippen molar-refractivity contribution in [2.45, 2.75) is 37.0 Å². The lowest BCUT2D eigenvalue weighted by atomic mass is 10.1. The van der Waals surface area contributed by atoms with Crippen molar-refractivity contribution < 1.29 is 19.7 Å². The number of fused-ring (bicyclic) bond motifs is 1. The van der Waals surface area contributed by atoms with Gasteiger partial charge in [0.05, 0.1) is 12.4 Å². The van der Waals surface area contributed by atoms with E-state index in [0.717, 1.165) is 5.75 Å². The summed E-state index contributed by atoms with van der Waals surface area (Å²) in [5.74, 6) is 0.651. The smallest absolute Gasteiger partial charge is 0.237 e. The van der Waals surface area contributed by atoms with E-state index in [1.165, 1.54) is 17.2 Å². The van der Waals surface area contributed by atoms with Crippen molar-refractivity contribution in [1.82, 2.24) is 24.8 Å². The second-order valence-corrected chi connectivity index (χ2v) is 7.25. The first-order valence-electron chi connectivity index (χ1n) is 8.41. The number of carbonyl (C=O) groups excluding carboxylic acids is 1. The molecule has 12 heteroatoms. The molecule has 2 aromatic heterocycles. The minimum atomic E-state index is -1.23. The third kappa shape index (κ3) is 3.99. The molecule has 0 saturated carbocycles. The molecule has 0 aliphatic carbocycles. The van der Waals surface area contributed by atoms with Crippen LogP contribution in [-0.2, 0) is 9.53 Å². The minimum Gasteiger partial charge on any atom is -0.387 e. The van der Waals surface area contributed by atoms with Crippen LogP contribution in [0.2, 0.25) is 0 Å².